The molecule has 1 heterocycles. The molecule has 2 nitrogen and oxygen atoms in total. The van der Waals surface area contributed by atoms with E-state index in [1.54, 1.807) is 12.4 Å². The first-order valence-electron chi connectivity index (χ1n) is 4.24. The van der Waals surface area contributed by atoms with E-state index in [4.69, 9.17) is 0 Å². The van der Waals surface area contributed by atoms with Crippen molar-refractivity contribution in [2.45, 2.75) is 25.9 Å². The predicted octanol–water partition coefficient (Wildman–Crippen LogP) is 2.03. The van der Waals surface area contributed by atoms with Crippen molar-refractivity contribution in [2.75, 3.05) is 7.05 Å². The molecular weight excluding hydrogens is 174 g/mol. The molecule has 1 aromatic rings. The van der Waals surface area contributed by atoms with E-state index in [2.05, 4.69) is 5.32 Å². The lowest BCUT2D eigenvalue weighted by Crippen LogP contribution is -2.11. The molecule has 0 aliphatic carbocycles. The van der Waals surface area contributed by atoms with E-state index < -0.39 is 6.43 Å². The minimum atomic E-state index is -2.29. The van der Waals surface area contributed by atoms with Gasteiger partial charge >= 0.3 is 0 Å². The summed E-state index contributed by atoms with van der Waals surface area (Å²) in [6.45, 7) is 1.76. The molecule has 1 atom stereocenters. The van der Waals surface area contributed by atoms with Crippen LogP contribution >= 0.6 is 0 Å². The van der Waals surface area contributed by atoms with Gasteiger partial charge in [-0.2, -0.15) is 0 Å². The Kier molecular flexibility index (Phi) is 3.42. The fourth-order valence-electron chi connectivity index (χ4n) is 1.16. The highest BCUT2D eigenvalue weighted by Crippen LogP contribution is 2.12. The van der Waals surface area contributed by atoms with Crippen LogP contribution < -0.4 is 5.32 Å². The molecule has 0 amide bonds. The maximum Gasteiger partial charge on any atom is 0.256 e. The number of nitrogens with zero attached hydrogens (tertiary/aromatic N) is 1. The summed E-state index contributed by atoms with van der Waals surface area (Å²) >= 11 is 0. The Balaban J connectivity index is 2.63. The van der Waals surface area contributed by atoms with Crippen LogP contribution in [-0.2, 0) is 6.54 Å². The van der Waals surface area contributed by atoms with E-state index in [1.165, 1.54) is 4.57 Å². The Bertz CT molecular complexity index is 258. The van der Waals surface area contributed by atoms with Crippen molar-refractivity contribution in [2.24, 2.45) is 0 Å². The fraction of sp³-hybridized carbons (Fsp3) is 0.556. The minimum Gasteiger partial charge on any atom is -0.348 e. The van der Waals surface area contributed by atoms with Gasteiger partial charge in [0.1, 0.15) is 0 Å². The third-order valence-corrected chi connectivity index (χ3v) is 2.06. The van der Waals surface area contributed by atoms with E-state index >= 15 is 0 Å². The standard InChI is InChI=1S/C9H14F2N2/c1-7(12-2)8-3-4-13(5-8)6-9(10)11/h3-5,7,9,12H,6H2,1-2H3. The summed E-state index contributed by atoms with van der Waals surface area (Å²) in [6, 6.07) is 2.06. The second-order valence-corrected chi connectivity index (χ2v) is 3.04. The van der Waals surface area contributed by atoms with Gasteiger partial charge in [0.2, 0.25) is 0 Å². The van der Waals surface area contributed by atoms with E-state index in [1.807, 2.05) is 20.0 Å². The predicted molar refractivity (Wildman–Crippen MR) is 47.9 cm³/mol. The van der Waals surface area contributed by atoms with Gasteiger partial charge in [0.15, 0.2) is 0 Å². The van der Waals surface area contributed by atoms with Crippen LogP contribution in [0.3, 0.4) is 0 Å². The molecule has 1 unspecified atom stereocenters. The number of aromatic nitrogens is 1. The normalized spacial score (nSPS) is 13.6. The topological polar surface area (TPSA) is 17.0 Å². The van der Waals surface area contributed by atoms with Crippen molar-refractivity contribution >= 4 is 0 Å². The second kappa shape index (κ2) is 4.37. The van der Waals surface area contributed by atoms with E-state index in [0.29, 0.717) is 0 Å². The van der Waals surface area contributed by atoms with Crippen LogP contribution in [0.5, 0.6) is 0 Å². The minimum absolute atomic E-state index is 0.207. The molecule has 0 fully saturated rings. The average molecular weight is 188 g/mol. The van der Waals surface area contributed by atoms with Crippen LogP contribution in [0.15, 0.2) is 18.5 Å². The molecular formula is C9H14F2N2. The first-order chi connectivity index (χ1) is 6.13. The molecule has 13 heavy (non-hydrogen) atoms. The summed E-state index contributed by atoms with van der Waals surface area (Å²) in [5, 5.41) is 3.05. The zero-order valence-corrected chi connectivity index (χ0v) is 7.80. The van der Waals surface area contributed by atoms with Crippen LogP contribution in [0.2, 0.25) is 0 Å². The number of hydrogen-bond donors (Lipinski definition) is 1. The Morgan fingerprint density at radius 2 is 2.23 bits per heavy atom. The summed E-state index contributed by atoms with van der Waals surface area (Å²) in [7, 11) is 1.84. The van der Waals surface area contributed by atoms with Crippen molar-refractivity contribution in [1.29, 1.82) is 0 Å². The van der Waals surface area contributed by atoms with Crippen molar-refractivity contribution < 1.29 is 8.78 Å². The summed E-state index contributed by atoms with van der Waals surface area (Å²) in [5.41, 5.74) is 1.03. The molecule has 0 radical (unpaired) electrons. The lowest BCUT2D eigenvalue weighted by atomic mass is 10.2. The molecule has 0 bridgehead atoms. The molecule has 0 saturated carbocycles. The SMILES string of the molecule is CNC(C)c1ccn(CC(F)F)c1. The van der Waals surface area contributed by atoms with Crippen LogP contribution in [0, 0.1) is 0 Å². The lowest BCUT2D eigenvalue weighted by Gasteiger charge is -2.06. The van der Waals surface area contributed by atoms with E-state index in [-0.39, 0.29) is 12.6 Å². The fourth-order valence-corrected chi connectivity index (χ4v) is 1.16. The summed E-state index contributed by atoms with van der Waals surface area (Å²) in [5.74, 6) is 0. The highest BCUT2D eigenvalue weighted by Gasteiger charge is 2.07. The molecule has 1 N–H and O–H groups in total. The number of nitrogens with one attached hydrogen (secondary N) is 1. The van der Waals surface area contributed by atoms with Crippen molar-refractivity contribution in [3.63, 3.8) is 0 Å². The first kappa shape index (κ1) is 10.2. The zero-order chi connectivity index (χ0) is 9.84. The molecule has 0 aromatic carbocycles. The zero-order valence-electron chi connectivity index (χ0n) is 7.80. The number of hydrogen-bond acceptors (Lipinski definition) is 1. The first-order valence-corrected chi connectivity index (χ1v) is 4.24. The van der Waals surface area contributed by atoms with Gasteiger partial charge in [-0.3, -0.25) is 0 Å². The van der Waals surface area contributed by atoms with Gasteiger partial charge in [0.05, 0.1) is 6.54 Å². The Morgan fingerprint density at radius 3 is 2.77 bits per heavy atom. The Morgan fingerprint density at radius 1 is 1.54 bits per heavy atom. The van der Waals surface area contributed by atoms with Gasteiger partial charge in [0, 0.05) is 18.4 Å². The van der Waals surface area contributed by atoms with E-state index in [0.717, 1.165) is 5.56 Å². The quantitative estimate of drug-likeness (QED) is 0.765. The maximum atomic E-state index is 12.0. The molecule has 1 rings (SSSR count). The highest BCUT2D eigenvalue weighted by atomic mass is 19.3. The van der Waals surface area contributed by atoms with Gasteiger partial charge < -0.3 is 9.88 Å². The third kappa shape index (κ3) is 2.81. The lowest BCUT2D eigenvalue weighted by molar-refractivity contribution is 0.126. The molecule has 0 saturated heterocycles. The van der Waals surface area contributed by atoms with Gasteiger partial charge in [-0.25, -0.2) is 8.78 Å². The number of rotatable bonds is 4. The summed E-state index contributed by atoms with van der Waals surface area (Å²) < 4.78 is 25.5. The Labute approximate surface area is 76.6 Å². The van der Waals surface area contributed by atoms with Gasteiger partial charge in [-0.05, 0) is 25.6 Å². The molecule has 0 aliphatic rings. The molecule has 0 spiro atoms. The summed E-state index contributed by atoms with van der Waals surface area (Å²) in [4.78, 5) is 0. The second-order valence-electron chi connectivity index (χ2n) is 3.04. The van der Waals surface area contributed by atoms with Gasteiger partial charge in [-0.1, -0.05) is 0 Å². The van der Waals surface area contributed by atoms with Gasteiger partial charge in [-0.15, -0.1) is 0 Å². The van der Waals surface area contributed by atoms with Gasteiger partial charge in [0.25, 0.3) is 6.43 Å². The largest absolute Gasteiger partial charge is 0.348 e. The summed E-state index contributed by atoms with van der Waals surface area (Å²) in [6.07, 6.45) is 1.13. The van der Waals surface area contributed by atoms with Crippen LogP contribution in [0.4, 0.5) is 8.78 Å². The molecule has 1 aromatic heterocycles. The molecule has 74 valence electrons. The third-order valence-electron chi connectivity index (χ3n) is 2.06. The average Bonchev–Trinajstić information content (AvgIpc) is 2.50. The number of halogens is 2. The van der Waals surface area contributed by atoms with Crippen LogP contribution in [0.25, 0.3) is 0 Å². The monoisotopic (exact) mass is 188 g/mol. The Hall–Kier alpha value is -0.900. The molecule has 0 aliphatic heterocycles. The van der Waals surface area contributed by atoms with E-state index in [9.17, 15) is 8.78 Å². The van der Waals surface area contributed by atoms with Crippen molar-refractivity contribution in [1.82, 2.24) is 9.88 Å². The smallest absolute Gasteiger partial charge is 0.256 e. The highest BCUT2D eigenvalue weighted by molar-refractivity contribution is 5.14. The van der Waals surface area contributed by atoms with Crippen LogP contribution in [0.1, 0.15) is 18.5 Å². The number of alkyl halides is 2. The van der Waals surface area contributed by atoms with Crippen molar-refractivity contribution in [3.05, 3.63) is 24.0 Å². The maximum absolute atomic E-state index is 12.0. The van der Waals surface area contributed by atoms with Crippen LogP contribution in [-0.4, -0.2) is 18.0 Å². The van der Waals surface area contributed by atoms with Crippen molar-refractivity contribution in [3.8, 4) is 0 Å². The molecule has 4 heteroatoms.